The van der Waals surface area contributed by atoms with E-state index >= 15 is 0 Å². The van der Waals surface area contributed by atoms with Gasteiger partial charge in [0.05, 0.1) is 15.0 Å². The Bertz CT molecular complexity index is 1610. The summed E-state index contributed by atoms with van der Waals surface area (Å²) in [5.74, 6) is 0.817. The smallest absolute Gasteiger partial charge is 0.379 e. The third-order valence-electron chi connectivity index (χ3n) is 5.77. The van der Waals surface area contributed by atoms with E-state index in [9.17, 15) is 43.7 Å². The molecule has 258 valence electrons. The van der Waals surface area contributed by atoms with Crippen molar-refractivity contribution in [2.45, 2.75) is 48.3 Å². The topological polar surface area (TPSA) is 142 Å². The molecule has 0 saturated carbocycles. The first-order valence-electron chi connectivity index (χ1n) is 12.5. The Morgan fingerprint density at radius 2 is 1.38 bits per heavy atom. The predicted octanol–water partition coefficient (Wildman–Crippen LogP) is 8.37. The summed E-state index contributed by atoms with van der Waals surface area (Å²) >= 11 is 6.41. The number of hydrogen-bond acceptors (Lipinski definition) is 8. The van der Waals surface area contributed by atoms with Crippen molar-refractivity contribution in [1.82, 2.24) is 15.0 Å². The quantitative estimate of drug-likeness (QED) is 0.0896. The minimum absolute atomic E-state index is 0. The summed E-state index contributed by atoms with van der Waals surface area (Å²) in [5.41, 5.74) is 3.90. The summed E-state index contributed by atoms with van der Waals surface area (Å²) in [4.78, 5) is 9.83. The molecule has 1 aliphatic heterocycles. The summed E-state index contributed by atoms with van der Waals surface area (Å²) < 4.78 is 125. The lowest BCUT2D eigenvalue weighted by Gasteiger charge is -2.13. The number of alkyl halides is 10. The molecule has 21 heteroatoms. The number of nitriles is 1. The van der Waals surface area contributed by atoms with Crippen molar-refractivity contribution in [2.75, 3.05) is 5.75 Å². The standard InChI is InChI=1S/C11H10F3N3OS.C8H8F3N3S.C7H5ClF3N.ClH/c12-11(13,14)10-4-3-8(6-16-10)9-2-1-5-19(9,18)17-7-15;9-8(10,11)6-2-1-5(3-14-6)4-15-7(12)13;8-3-5-1-2-6(12-4-5)7(9,10)11;/h3-4,6,9H,1-2,5H2;1-3H,4H2,(H3,12,13);1-2,4H,3H2;1H. The van der Waals surface area contributed by atoms with Crippen LogP contribution in [-0.4, -0.2) is 30.1 Å². The zero-order valence-electron chi connectivity index (χ0n) is 23.5. The Morgan fingerprint density at radius 1 is 0.915 bits per heavy atom. The number of pyridine rings is 3. The number of rotatable bonds is 4. The highest BCUT2D eigenvalue weighted by atomic mass is 35.5. The van der Waals surface area contributed by atoms with Crippen LogP contribution in [0.4, 0.5) is 39.5 Å². The molecule has 2 atom stereocenters. The molecule has 47 heavy (non-hydrogen) atoms. The average Bonchev–Trinajstić information content (AvgIpc) is 3.36. The maximum absolute atomic E-state index is 12.4. The summed E-state index contributed by atoms with van der Waals surface area (Å²) in [5, 5.41) is 14.9. The molecule has 1 aliphatic rings. The van der Waals surface area contributed by atoms with Gasteiger partial charge in [-0.15, -0.1) is 28.4 Å². The Hall–Kier alpha value is -3.34. The first-order valence-corrected chi connectivity index (χ1v) is 15.8. The van der Waals surface area contributed by atoms with E-state index in [4.69, 9.17) is 28.0 Å². The Labute approximate surface area is 278 Å². The maximum Gasteiger partial charge on any atom is 0.433 e. The molecule has 1 saturated heterocycles. The van der Waals surface area contributed by atoms with E-state index in [0.29, 0.717) is 41.0 Å². The second kappa shape index (κ2) is 17.7. The third-order valence-corrected chi connectivity index (χ3v) is 9.53. The lowest BCUT2D eigenvalue weighted by molar-refractivity contribution is -0.142. The number of nitrogens with two attached hydrogens (primary N) is 1. The van der Waals surface area contributed by atoms with Crippen LogP contribution in [0.2, 0.25) is 0 Å². The third kappa shape index (κ3) is 13.4. The lowest BCUT2D eigenvalue weighted by atomic mass is 10.1. The van der Waals surface area contributed by atoms with Crippen LogP contribution >= 0.6 is 35.8 Å². The van der Waals surface area contributed by atoms with Crippen LogP contribution in [0, 0.1) is 16.9 Å². The number of halogens is 11. The molecule has 2 unspecified atom stereocenters. The Balaban J connectivity index is 0.000000359. The van der Waals surface area contributed by atoms with E-state index < -0.39 is 50.6 Å². The van der Waals surface area contributed by atoms with Gasteiger partial charge in [-0.3, -0.25) is 20.4 Å². The van der Waals surface area contributed by atoms with E-state index in [1.54, 1.807) is 0 Å². The van der Waals surface area contributed by atoms with Gasteiger partial charge >= 0.3 is 18.5 Å². The normalized spacial score (nSPS) is 17.5. The number of nitrogens with one attached hydrogen (secondary N) is 1. The van der Waals surface area contributed by atoms with Crippen LogP contribution in [0.5, 0.6) is 0 Å². The van der Waals surface area contributed by atoms with Crippen LogP contribution < -0.4 is 5.73 Å². The molecular weight excluding hydrogens is 732 g/mol. The van der Waals surface area contributed by atoms with Crippen molar-refractivity contribution in [3.63, 3.8) is 0 Å². The fraction of sp³-hybridized carbons (Fsp3) is 0.346. The minimum Gasteiger partial charge on any atom is -0.379 e. The highest BCUT2D eigenvalue weighted by molar-refractivity contribution is 8.13. The monoisotopic (exact) mass is 755 g/mol. The van der Waals surface area contributed by atoms with Crippen LogP contribution in [0.1, 0.15) is 51.9 Å². The number of amidine groups is 1. The molecule has 0 spiro atoms. The number of nitrogens with zero attached hydrogens (tertiary/aromatic N) is 5. The zero-order valence-corrected chi connectivity index (χ0v) is 26.7. The molecule has 4 rings (SSSR count). The summed E-state index contributed by atoms with van der Waals surface area (Å²) in [6.07, 6.45) is -7.23. The first kappa shape index (κ1) is 41.7. The van der Waals surface area contributed by atoms with Gasteiger partial charge in [0.2, 0.25) is 6.19 Å². The van der Waals surface area contributed by atoms with Gasteiger partial charge < -0.3 is 5.73 Å². The Morgan fingerprint density at radius 3 is 1.74 bits per heavy atom. The second-order valence-electron chi connectivity index (χ2n) is 9.08. The van der Waals surface area contributed by atoms with Crippen molar-refractivity contribution < 1.29 is 43.7 Å². The molecule has 3 N–H and O–H groups in total. The first-order chi connectivity index (χ1) is 21.3. The van der Waals surface area contributed by atoms with Gasteiger partial charge in [-0.1, -0.05) is 30.0 Å². The van der Waals surface area contributed by atoms with Crippen molar-refractivity contribution in [3.8, 4) is 6.19 Å². The summed E-state index contributed by atoms with van der Waals surface area (Å²) in [6.45, 7) is 0. The number of aromatic nitrogens is 3. The van der Waals surface area contributed by atoms with Gasteiger partial charge in [0, 0.05) is 36.0 Å². The van der Waals surface area contributed by atoms with Gasteiger partial charge in [0.25, 0.3) is 0 Å². The van der Waals surface area contributed by atoms with Crippen molar-refractivity contribution in [2.24, 2.45) is 10.1 Å². The molecule has 0 bridgehead atoms. The van der Waals surface area contributed by atoms with Crippen LogP contribution in [-0.2, 0) is 39.9 Å². The molecule has 4 heterocycles. The highest BCUT2D eigenvalue weighted by Crippen LogP contribution is 2.37. The summed E-state index contributed by atoms with van der Waals surface area (Å²) in [6, 6.07) is 6.58. The maximum atomic E-state index is 12.4. The molecule has 8 nitrogen and oxygen atoms in total. The van der Waals surface area contributed by atoms with E-state index in [1.165, 1.54) is 24.4 Å². The second-order valence-corrected chi connectivity index (χ2v) is 12.9. The van der Waals surface area contributed by atoms with Crippen molar-refractivity contribution in [1.29, 1.82) is 10.7 Å². The molecule has 1 fully saturated rings. The minimum atomic E-state index is -4.49. The largest absolute Gasteiger partial charge is 0.433 e. The molecular formula is C26H24Cl2F9N7OS2. The molecule has 0 radical (unpaired) electrons. The molecule has 0 aliphatic carbocycles. The fourth-order valence-corrected chi connectivity index (χ4v) is 6.61. The van der Waals surface area contributed by atoms with E-state index in [0.717, 1.165) is 48.6 Å². The molecule has 3 aromatic heterocycles. The van der Waals surface area contributed by atoms with Gasteiger partial charge in [0.1, 0.15) is 17.1 Å². The number of thioether (sulfide) groups is 1. The van der Waals surface area contributed by atoms with Gasteiger partial charge in [-0.25, -0.2) is 4.21 Å². The van der Waals surface area contributed by atoms with Crippen LogP contribution in [0.15, 0.2) is 59.4 Å². The fourth-order valence-electron chi connectivity index (χ4n) is 3.63. The Kier molecular flexibility index (Phi) is 15.7. The number of hydrogen-bond donors (Lipinski definition) is 2. The zero-order chi connectivity index (χ0) is 34.8. The van der Waals surface area contributed by atoms with Gasteiger partial charge in [-0.2, -0.15) is 44.8 Å². The highest BCUT2D eigenvalue weighted by Gasteiger charge is 2.35. The van der Waals surface area contributed by atoms with Crippen molar-refractivity contribution >= 4 is 50.7 Å². The van der Waals surface area contributed by atoms with Crippen LogP contribution in [0.3, 0.4) is 0 Å². The average molecular weight is 757 g/mol. The molecule has 0 amide bonds. The van der Waals surface area contributed by atoms with E-state index in [-0.39, 0.29) is 23.5 Å². The molecule has 3 aromatic rings. The lowest BCUT2D eigenvalue weighted by Crippen LogP contribution is -2.11. The van der Waals surface area contributed by atoms with Crippen molar-refractivity contribution in [3.05, 3.63) is 88.8 Å². The van der Waals surface area contributed by atoms with Crippen LogP contribution in [0.25, 0.3) is 0 Å². The SMILES string of the molecule is Cl.FC(F)(F)c1ccc(CCl)cn1.N#CN=S1(=O)CCCC1c1ccc(C(F)(F)F)nc1.N=C(N)SCc1ccc(C(F)(F)F)nc1. The van der Waals surface area contributed by atoms with E-state index in [2.05, 4.69) is 19.3 Å². The van der Waals surface area contributed by atoms with Gasteiger partial charge in [-0.05, 0) is 47.7 Å². The molecule has 0 aromatic carbocycles. The predicted molar refractivity (Wildman–Crippen MR) is 161 cm³/mol. The van der Waals surface area contributed by atoms with Gasteiger partial charge in [0.15, 0.2) is 5.17 Å². The van der Waals surface area contributed by atoms with E-state index in [1.807, 2.05) is 0 Å². The summed E-state index contributed by atoms with van der Waals surface area (Å²) in [7, 11) is -2.70.